The zero-order valence-electron chi connectivity index (χ0n) is 8.28. The van der Waals surface area contributed by atoms with Gasteiger partial charge in [0.05, 0.1) is 11.8 Å². The van der Waals surface area contributed by atoms with Crippen LogP contribution in [0, 0.1) is 11.8 Å². The molecule has 90 valence electrons. The molecule has 6 heteroatoms. The summed E-state index contributed by atoms with van der Waals surface area (Å²) in [5, 5.41) is 0. The Kier molecular flexibility index (Phi) is 3.58. The minimum atomic E-state index is -4.26. The van der Waals surface area contributed by atoms with E-state index in [0.29, 0.717) is 0 Å². The van der Waals surface area contributed by atoms with E-state index in [1.54, 1.807) is 0 Å². The van der Waals surface area contributed by atoms with Gasteiger partial charge in [-0.3, -0.25) is 0 Å². The van der Waals surface area contributed by atoms with Gasteiger partial charge in [-0.2, -0.15) is 22.0 Å². The molecule has 0 aromatic heterocycles. The summed E-state index contributed by atoms with van der Waals surface area (Å²) < 4.78 is 66.6. The summed E-state index contributed by atoms with van der Waals surface area (Å²) in [5.74, 6) is -2.51. The third-order valence-electron chi connectivity index (χ3n) is 2.94. The lowest BCUT2D eigenvalue weighted by Crippen LogP contribution is -2.36. The second-order valence-corrected chi connectivity index (χ2v) is 3.86. The molecule has 0 aliphatic heterocycles. The fourth-order valence-electron chi connectivity index (χ4n) is 1.92. The van der Waals surface area contributed by atoms with Crippen molar-refractivity contribution < 1.29 is 26.7 Å². The van der Waals surface area contributed by atoms with Crippen LogP contribution in [-0.2, 0) is 4.74 Å². The highest BCUT2D eigenvalue weighted by atomic mass is 19.4. The number of halogens is 5. The molecule has 0 atom stereocenters. The molecule has 1 saturated carbocycles. The standard InChI is InChI=1S/C9H13F5O/c1-15-9(13,14)7-4-2-6(3-5-7)8(10,11)12/h6-7H,2-5H2,1H3. The second-order valence-electron chi connectivity index (χ2n) is 3.86. The molecule has 0 radical (unpaired) electrons. The lowest BCUT2D eigenvalue weighted by molar-refractivity contribution is -0.269. The van der Waals surface area contributed by atoms with Crippen molar-refractivity contribution >= 4 is 0 Å². The van der Waals surface area contributed by atoms with E-state index in [2.05, 4.69) is 4.74 Å². The number of ether oxygens (including phenoxy) is 1. The maximum absolute atomic E-state index is 13.0. The van der Waals surface area contributed by atoms with Crippen LogP contribution >= 0.6 is 0 Å². The average Bonchev–Trinajstić information content (AvgIpc) is 2.17. The van der Waals surface area contributed by atoms with Gasteiger partial charge in [-0.1, -0.05) is 0 Å². The van der Waals surface area contributed by atoms with Crippen molar-refractivity contribution in [3.8, 4) is 0 Å². The van der Waals surface area contributed by atoms with E-state index < -0.39 is 24.1 Å². The van der Waals surface area contributed by atoms with Crippen molar-refractivity contribution in [2.75, 3.05) is 7.11 Å². The highest BCUT2D eigenvalue weighted by molar-refractivity contribution is 4.80. The van der Waals surface area contributed by atoms with Gasteiger partial charge in [-0.15, -0.1) is 0 Å². The Labute approximate surface area is 84.6 Å². The van der Waals surface area contributed by atoms with Crippen molar-refractivity contribution in [1.82, 2.24) is 0 Å². The zero-order chi connectivity index (χ0) is 11.7. The molecule has 0 N–H and O–H groups in total. The Morgan fingerprint density at radius 1 is 0.867 bits per heavy atom. The summed E-state index contributed by atoms with van der Waals surface area (Å²) in [6, 6.07) is 0. The van der Waals surface area contributed by atoms with Gasteiger partial charge in [0, 0.05) is 7.11 Å². The van der Waals surface area contributed by atoms with Gasteiger partial charge < -0.3 is 4.74 Å². The predicted molar refractivity (Wildman–Crippen MR) is 43.5 cm³/mol. The van der Waals surface area contributed by atoms with Crippen LogP contribution in [0.1, 0.15) is 25.7 Å². The van der Waals surface area contributed by atoms with Gasteiger partial charge in [-0.25, -0.2) is 0 Å². The van der Waals surface area contributed by atoms with Gasteiger partial charge in [0.15, 0.2) is 0 Å². The first-order chi connectivity index (χ1) is 6.77. The first-order valence-corrected chi connectivity index (χ1v) is 4.77. The van der Waals surface area contributed by atoms with E-state index in [0.717, 1.165) is 7.11 Å². The molecule has 0 aromatic carbocycles. The number of methoxy groups -OCH3 is 1. The Hall–Kier alpha value is -0.390. The Morgan fingerprint density at radius 3 is 1.60 bits per heavy atom. The minimum absolute atomic E-state index is 0.134. The summed E-state index contributed by atoms with van der Waals surface area (Å²) in [6.45, 7) is 0. The third kappa shape index (κ3) is 3.03. The lowest BCUT2D eigenvalue weighted by Gasteiger charge is -2.33. The highest BCUT2D eigenvalue weighted by Gasteiger charge is 2.47. The van der Waals surface area contributed by atoms with Crippen molar-refractivity contribution in [3.05, 3.63) is 0 Å². The molecule has 1 rings (SSSR count). The van der Waals surface area contributed by atoms with Crippen molar-refractivity contribution in [3.63, 3.8) is 0 Å². The Bertz CT molecular complexity index is 205. The molecule has 0 saturated heterocycles. The molecule has 0 bridgehead atoms. The predicted octanol–water partition coefficient (Wildman–Crippen LogP) is 3.59. The van der Waals surface area contributed by atoms with Crippen LogP contribution in [-0.4, -0.2) is 19.4 Å². The van der Waals surface area contributed by atoms with Gasteiger partial charge in [0.2, 0.25) is 0 Å². The number of hydrogen-bond donors (Lipinski definition) is 0. The lowest BCUT2D eigenvalue weighted by atomic mass is 9.81. The van der Waals surface area contributed by atoms with E-state index in [-0.39, 0.29) is 25.7 Å². The zero-order valence-corrected chi connectivity index (χ0v) is 8.28. The smallest absolute Gasteiger partial charge is 0.324 e. The van der Waals surface area contributed by atoms with Crippen LogP contribution in [0.2, 0.25) is 0 Å². The molecular weight excluding hydrogens is 219 g/mol. The molecule has 1 nitrogen and oxygen atoms in total. The average molecular weight is 232 g/mol. The summed E-state index contributed by atoms with van der Waals surface area (Å²) in [6.07, 6.45) is -8.28. The monoisotopic (exact) mass is 232 g/mol. The Balaban J connectivity index is 2.50. The fourth-order valence-corrected chi connectivity index (χ4v) is 1.92. The van der Waals surface area contributed by atoms with E-state index in [4.69, 9.17) is 0 Å². The van der Waals surface area contributed by atoms with E-state index in [1.165, 1.54) is 0 Å². The summed E-state index contributed by atoms with van der Waals surface area (Å²) >= 11 is 0. The van der Waals surface area contributed by atoms with Crippen molar-refractivity contribution in [1.29, 1.82) is 0 Å². The van der Waals surface area contributed by atoms with E-state index in [9.17, 15) is 22.0 Å². The van der Waals surface area contributed by atoms with Crippen LogP contribution in [0.3, 0.4) is 0 Å². The Morgan fingerprint density at radius 2 is 1.27 bits per heavy atom. The molecule has 1 aliphatic carbocycles. The van der Waals surface area contributed by atoms with Crippen LogP contribution in [0.15, 0.2) is 0 Å². The summed E-state index contributed by atoms with van der Waals surface area (Å²) in [4.78, 5) is 0. The maximum Gasteiger partial charge on any atom is 0.391 e. The van der Waals surface area contributed by atoms with Crippen LogP contribution in [0.25, 0.3) is 0 Å². The first-order valence-electron chi connectivity index (χ1n) is 4.77. The maximum atomic E-state index is 13.0. The molecule has 0 amide bonds. The van der Waals surface area contributed by atoms with Gasteiger partial charge in [0.1, 0.15) is 0 Å². The summed E-state index contributed by atoms with van der Waals surface area (Å²) in [7, 11) is 0.871. The van der Waals surface area contributed by atoms with Crippen LogP contribution in [0.5, 0.6) is 0 Å². The topological polar surface area (TPSA) is 9.23 Å². The van der Waals surface area contributed by atoms with Gasteiger partial charge >= 0.3 is 12.3 Å². The molecule has 0 unspecified atom stereocenters. The molecular formula is C9H13F5O. The highest BCUT2D eigenvalue weighted by Crippen LogP contribution is 2.44. The molecule has 1 aliphatic rings. The third-order valence-corrected chi connectivity index (χ3v) is 2.94. The first kappa shape index (κ1) is 12.7. The quantitative estimate of drug-likeness (QED) is 0.661. The van der Waals surface area contributed by atoms with Gasteiger partial charge in [0.25, 0.3) is 0 Å². The van der Waals surface area contributed by atoms with Crippen molar-refractivity contribution in [2.24, 2.45) is 11.8 Å². The molecule has 0 aromatic rings. The van der Waals surface area contributed by atoms with Crippen LogP contribution in [0.4, 0.5) is 22.0 Å². The molecule has 0 spiro atoms. The number of hydrogen-bond acceptors (Lipinski definition) is 1. The molecule has 15 heavy (non-hydrogen) atoms. The number of alkyl halides is 5. The largest absolute Gasteiger partial charge is 0.391 e. The van der Waals surface area contributed by atoms with Gasteiger partial charge in [-0.05, 0) is 25.7 Å². The van der Waals surface area contributed by atoms with E-state index in [1.807, 2.05) is 0 Å². The van der Waals surface area contributed by atoms with Crippen LogP contribution < -0.4 is 0 Å². The second kappa shape index (κ2) is 4.23. The molecule has 1 fully saturated rings. The number of rotatable bonds is 2. The van der Waals surface area contributed by atoms with E-state index >= 15 is 0 Å². The minimum Gasteiger partial charge on any atom is -0.324 e. The SMILES string of the molecule is COC(F)(F)C1CCC(C(F)(F)F)CC1. The molecule has 0 heterocycles. The summed E-state index contributed by atoms with van der Waals surface area (Å²) in [5.41, 5.74) is 0. The fraction of sp³-hybridized carbons (Fsp3) is 1.00. The normalized spacial score (nSPS) is 29.2. The van der Waals surface area contributed by atoms with Crippen molar-refractivity contribution in [2.45, 2.75) is 38.0 Å².